The normalized spacial score (nSPS) is 12.4. The Balaban J connectivity index is 0.00000400. The Morgan fingerprint density at radius 2 is 1.80 bits per heavy atom. The van der Waals surface area contributed by atoms with Crippen molar-refractivity contribution in [1.29, 1.82) is 0 Å². The maximum absolute atomic E-state index is 5.08. The molecule has 1 heterocycles. The van der Waals surface area contributed by atoms with Gasteiger partial charge in [-0.2, -0.15) is 0 Å². The molecule has 0 amide bonds. The highest BCUT2D eigenvalue weighted by Gasteiger charge is 2.22. The van der Waals surface area contributed by atoms with Crippen molar-refractivity contribution in [2.75, 3.05) is 14.2 Å². The van der Waals surface area contributed by atoms with Gasteiger partial charge in [-0.3, -0.25) is 14.8 Å². The Labute approximate surface area is 124 Å². The van der Waals surface area contributed by atoms with Gasteiger partial charge in [-0.25, -0.2) is 5.48 Å². The van der Waals surface area contributed by atoms with Crippen LogP contribution in [-0.2, 0) is 4.84 Å². The monoisotopic (exact) mass is 279 g/mol. The smallest absolute Gasteiger partial charge is 0.152 e. The van der Waals surface area contributed by atoms with Crippen LogP contribution in [0.3, 0.4) is 0 Å². The third-order valence-corrected chi connectivity index (χ3v) is 3.53. The van der Waals surface area contributed by atoms with E-state index in [1.807, 2.05) is 0 Å². The molecule has 1 aromatic heterocycles. The van der Waals surface area contributed by atoms with Crippen molar-refractivity contribution >= 4 is 5.84 Å². The van der Waals surface area contributed by atoms with Gasteiger partial charge in [0.05, 0.1) is 7.11 Å². The zero-order valence-electron chi connectivity index (χ0n) is 14.0. The number of hydrogen-bond acceptors (Lipinski definition) is 3. The molecule has 0 unspecified atom stereocenters. The average Bonchev–Trinajstić information content (AvgIpc) is 2.38. The second-order valence-corrected chi connectivity index (χ2v) is 5.68. The van der Waals surface area contributed by atoms with Crippen molar-refractivity contribution in [1.82, 2.24) is 10.5 Å². The van der Waals surface area contributed by atoms with E-state index < -0.39 is 0 Å². The summed E-state index contributed by atoms with van der Waals surface area (Å²) >= 11 is 0. The van der Waals surface area contributed by atoms with Gasteiger partial charge >= 0.3 is 0 Å². The first-order valence-corrected chi connectivity index (χ1v) is 7.12. The molecule has 1 rings (SSSR count). The number of nitrogens with one attached hydrogen (secondary N) is 1. The van der Waals surface area contributed by atoms with E-state index in [0.29, 0.717) is 11.8 Å². The van der Waals surface area contributed by atoms with Gasteiger partial charge in [-0.15, -0.1) is 0 Å². The highest BCUT2D eigenvalue weighted by molar-refractivity contribution is 6.01. The molecule has 20 heavy (non-hydrogen) atoms. The summed E-state index contributed by atoms with van der Waals surface area (Å²) in [5.41, 5.74) is 8.64. The third kappa shape index (κ3) is 3.18. The fourth-order valence-corrected chi connectivity index (χ4v) is 2.47. The lowest BCUT2D eigenvalue weighted by molar-refractivity contribution is 0.145. The number of amidine groups is 1. The van der Waals surface area contributed by atoms with E-state index in [1.165, 1.54) is 5.56 Å². The van der Waals surface area contributed by atoms with Crippen LogP contribution in [0.15, 0.2) is 4.99 Å². The molecule has 0 fully saturated rings. The number of pyridine rings is 1. The van der Waals surface area contributed by atoms with Crippen LogP contribution >= 0.6 is 0 Å². The maximum Gasteiger partial charge on any atom is 0.152 e. The fourth-order valence-electron chi connectivity index (χ4n) is 2.47. The lowest BCUT2D eigenvalue weighted by atomic mass is 9.87. The van der Waals surface area contributed by atoms with Gasteiger partial charge in [0.1, 0.15) is 0 Å². The predicted octanol–water partition coefficient (Wildman–Crippen LogP) is 3.72. The van der Waals surface area contributed by atoms with E-state index in [9.17, 15) is 0 Å². The first-order valence-electron chi connectivity index (χ1n) is 7.12. The van der Waals surface area contributed by atoms with Crippen molar-refractivity contribution in [3.05, 3.63) is 28.1 Å². The van der Waals surface area contributed by atoms with Crippen LogP contribution in [0.2, 0.25) is 0 Å². The first-order chi connectivity index (χ1) is 9.34. The summed E-state index contributed by atoms with van der Waals surface area (Å²) < 4.78 is 0. The first kappa shape index (κ1) is 16.6. The number of nitrogens with zero attached hydrogens (tertiary/aromatic N) is 2. The summed E-state index contributed by atoms with van der Waals surface area (Å²) in [6, 6.07) is 0. The van der Waals surface area contributed by atoms with Crippen LogP contribution < -0.4 is 5.48 Å². The second-order valence-electron chi connectivity index (χ2n) is 5.68. The van der Waals surface area contributed by atoms with Gasteiger partial charge in [0, 0.05) is 25.4 Å². The molecular formula is C16H29N3O. The zero-order valence-corrected chi connectivity index (χ0v) is 14.0. The van der Waals surface area contributed by atoms with Crippen molar-refractivity contribution < 1.29 is 6.26 Å². The van der Waals surface area contributed by atoms with Crippen molar-refractivity contribution in [2.24, 2.45) is 4.99 Å². The molecule has 0 saturated carbocycles. The van der Waals surface area contributed by atoms with Gasteiger partial charge in [-0.1, -0.05) is 27.7 Å². The second kappa shape index (κ2) is 6.84. The van der Waals surface area contributed by atoms with Gasteiger partial charge < -0.3 is 0 Å². The van der Waals surface area contributed by atoms with Crippen LogP contribution in [0.4, 0.5) is 0 Å². The molecule has 1 N–H and O–H groups in total. The van der Waals surface area contributed by atoms with Crippen LogP contribution in [0.1, 0.15) is 69.0 Å². The number of aryl methyl sites for hydroxylation is 1. The molecule has 0 atom stereocenters. The van der Waals surface area contributed by atoms with Crippen molar-refractivity contribution in [2.45, 2.75) is 53.4 Å². The number of aromatic nitrogens is 1. The van der Waals surface area contributed by atoms with Crippen LogP contribution in [0.5, 0.6) is 0 Å². The summed E-state index contributed by atoms with van der Waals surface area (Å²) in [6.07, 6.45) is 0. The van der Waals surface area contributed by atoms with E-state index in [-0.39, 0.29) is 1.43 Å². The van der Waals surface area contributed by atoms with Crippen LogP contribution in [0, 0.1) is 13.8 Å². The summed E-state index contributed by atoms with van der Waals surface area (Å²) in [7, 11) is 3.38. The molecule has 0 saturated heterocycles. The molecule has 4 heteroatoms. The minimum absolute atomic E-state index is 0. The van der Waals surface area contributed by atoms with E-state index in [1.54, 1.807) is 14.2 Å². The zero-order chi connectivity index (χ0) is 15.4. The molecule has 0 bridgehead atoms. The summed E-state index contributed by atoms with van der Waals surface area (Å²) in [5.74, 6) is 1.52. The van der Waals surface area contributed by atoms with Crippen LogP contribution in [-0.4, -0.2) is 25.0 Å². The fraction of sp³-hybridized carbons (Fsp3) is 0.625. The lowest BCUT2D eigenvalue weighted by Gasteiger charge is -2.23. The Kier molecular flexibility index (Phi) is 5.69. The largest absolute Gasteiger partial charge is 0.278 e. The highest BCUT2D eigenvalue weighted by Crippen LogP contribution is 2.31. The Morgan fingerprint density at radius 1 is 1.20 bits per heavy atom. The van der Waals surface area contributed by atoms with Gasteiger partial charge in [0.25, 0.3) is 0 Å². The summed E-state index contributed by atoms with van der Waals surface area (Å²) in [5, 5.41) is 0. The minimum Gasteiger partial charge on any atom is -0.278 e. The Bertz CT molecular complexity index is 511. The molecule has 0 aliphatic carbocycles. The number of aliphatic imine (C=N–C) groups is 1. The van der Waals surface area contributed by atoms with Crippen LogP contribution in [0.25, 0.3) is 0 Å². The average molecular weight is 279 g/mol. The topological polar surface area (TPSA) is 46.5 Å². The van der Waals surface area contributed by atoms with E-state index in [4.69, 9.17) is 9.82 Å². The SMILES string of the molecule is CN=C(NOC)c1c(C)c(C)nc(C(C)C)c1C(C)C.[HH]. The van der Waals surface area contributed by atoms with E-state index in [2.05, 4.69) is 52.0 Å². The maximum atomic E-state index is 5.08. The van der Waals surface area contributed by atoms with Crippen molar-refractivity contribution in [3.63, 3.8) is 0 Å². The summed E-state index contributed by atoms with van der Waals surface area (Å²) in [4.78, 5) is 14.2. The highest BCUT2D eigenvalue weighted by atomic mass is 16.6. The molecule has 114 valence electrons. The Morgan fingerprint density at radius 3 is 2.20 bits per heavy atom. The van der Waals surface area contributed by atoms with E-state index in [0.717, 1.165) is 28.4 Å². The van der Waals surface area contributed by atoms with Gasteiger partial charge in [0.2, 0.25) is 0 Å². The lowest BCUT2D eigenvalue weighted by Crippen LogP contribution is -2.27. The molecular weight excluding hydrogens is 250 g/mol. The Hall–Kier alpha value is -1.42. The quantitative estimate of drug-likeness (QED) is 0.519. The summed E-state index contributed by atoms with van der Waals surface area (Å²) in [6.45, 7) is 12.9. The van der Waals surface area contributed by atoms with Gasteiger partial charge in [-0.05, 0) is 36.8 Å². The molecule has 0 spiro atoms. The van der Waals surface area contributed by atoms with Crippen molar-refractivity contribution in [3.8, 4) is 0 Å². The molecule has 0 radical (unpaired) electrons. The molecule has 1 aromatic rings. The predicted molar refractivity (Wildman–Crippen MR) is 86.6 cm³/mol. The molecule has 0 aromatic carbocycles. The van der Waals surface area contributed by atoms with E-state index >= 15 is 0 Å². The number of hydrogen-bond donors (Lipinski definition) is 1. The third-order valence-electron chi connectivity index (χ3n) is 3.53. The number of rotatable bonds is 4. The molecule has 0 aliphatic heterocycles. The molecule has 4 nitrogen and oxygen atoms in total. The standard InChI is InChI=1S/C16H27N3O.H2/c1-9(2)13-14(16(17-7)19-20-8)11(5)12(6)18-15(13)10(3)4;/h9-10H,1-8H3,(H,17,19);1H. The minimum atomic E-state index is 0. The molecule has 0 aliphatic rings. The van der Waals surface area contributed by atoms with Gasteiger partial charge in [0.15, 0.2) is 5.84 Å². The number of hydroxylamine groups is 1.